The number of nitrogens with zero attached hydrogens (tertiary/aromatic N) is 1. The Bertz CT molecular complexity index is 712. The van der Waals surface area contributed by atoms with Crippen molar-refractivity contribution in [2.24, 2.45) is 0 Å². The Labute approximate surface area is 159 Å². The third kappa shape index (κ3) is 6.16. The molecule has 0 saturated carbocycles. The van der Waals surface area contributed by atoms with E-state index in [1.54, 1.807) is 43.9 Å². The van der Waals surface area contributed by atoms with E-state index in [9.17, 15) is 14.4 Å². The van der Waals surface area contributed by atoms with Crippen molar-refractivity contribution in [3.8, 4) is 5.75 Å². The number of benzene rings is 1. The van der Waals surface area contributed by atoms with Gasteiger partial charge in [0, 0.05) is 37.7 Å². The monoisotopic (exact) mass is 377 g/mol. The SMILES string of the molecule is COc1cc(NC(=O)CCNC(=O)OC(C)(C)C)ccc1N1CCCC1=O. The molecule has 0 aliphatic carbocycles. The van der Waals surface area contributed by atoms with Gasteiger partial charge in [-0.15, -0.1) is 0 Å². The van der Waals surface area contributed by atoms with E-state index in [0.717, 1.165) is 6.42 Å². The number of methoxy groups -OCH3 is 1. The highest BCUT2D eigenvalue weighted by Gasteiger charge is 2.24. The van der Waals surface area contributed by atoms with Gasteiger partial charge in [0.2, 0.25) is 11.8 Å². The summed E-state index contributed by atoms with van der Waals surface area (Å²) in [5.41, 5.74) is 0.676. The van der Waals surface area contributed by atoms with Crippen LogP contribution in [-0.4, -0.2) is 43.7 Å². The van der Waals surface area contributed by atoms with Gasteiger partial charge in [-0.3, -0.25) is 9.59 Å². The van der Waals surface area contributed by atoms with Crippen LogP contribution in [0.25, 0.3) is 0 Å². The normalized spacial score (nSPS) is 14.1. The van der Waals surface area contributed by atoms with Crippen LogP contribution in [0.5, 0.6) is 5.75 Å². The Morgan fingerprint density at radius 3 is 2.59 bits per heavy atom. The fraction of sp³-hybridized carbons (Fsp3) is 0.526. The summed E-state index contributed by atoms with van der Waals surface area (Å²) in [5.74, 6) is 0.339. The Kier molecular flexibility index (Phi) is 6.65. The molecule has 8 heteroatoms. The van der Waals surface area contributed by atoms with Crippen LogP contribution in [0.1, 0.15) is 40.0 Å². The van der Waals surface area contributed by atoms with Crippen molar-refractivity contribution in [2.45, 2.75) is 45.6 Å². The fourth-order valence-electron chi connectivity index (χ4n) is 2.70. The summed E-state index contributed by atoms with van der Waals surface area (Å²) in [7, 11) is 1.52. The molecule has 0 aromatic heterocycles. The predicted molar refractivity (Wildman–Crippen MR) is 102 cm³/mol. The zero-order chi connectivity index (χ0) is 20.0. The maximum absolute atomic E-state index is 12.1. The van der Waals surface area contributed by atoms with Crippen LogP contribution in [0.15, 0.2) is 18.2 Å². The number of rotatable bonds is 6. The highest BCUT2D eigenvalue weighted by Crippen LogP contribution is 2.33. The molecule has 1 aromatic rings. The van der Waals surface area contributed by atoms with E-state index >= 15 is 0 Å². The average molecular weight is 377 g/mol. The minimum atomic E-state index is -0.582. The van der Waals surface area contributed by atoms with Crippen LogP contribution in [0, 0.1) is 0 Å². The first-order valence-corrected chi connectivity index (χ1v) is 8.95. The minimum Gasteiger partial charge on any atom is -0.494 e. The molecule has 1 heterocycles. The molecule has 3 amide bonds. The molecule has 27 heavy (non-hydrogen) atoms. The quantitative estimate of drug-likeness (QED) is 0.794. The molecule has 0 atom stereocenters. The lowest BCUT2D eigenvalue weighted by Gasteiger charge is -2.20. The smallest absolute Gasteiger partial charge is 0.407 e. The van der Waals surface area contributed by atoms with E-state index in [2.05, 4.69) is 10.6 Å². The summed E-state index contributed by atoms with van der Waals surface area (Å²) in [6.45, 7) is 6.14. The number of ether oxygens (including phenoxy) is 2. The number of hydrogen-bond acceptors (Lipinski definition) is 5. The average Bonchev–Trinajstić information content (AvgIpc) is 2.99. The molecular weight excluding hydrogens is 350 g/mol. The highest BCUT2D eigenvalue weighted by molar-refractivity contribution is 5.98. The van der Waals surface area contributed by atoms with E-state index < -0.39 is 11.7 Å². The number of alkyl carbamates (subject to hydrolysis) is 1. The van der Waals surface area contributed by atoms with E-state index in [4.69, 9.17) is 9.47 Å². The van der Waals surface area contributed by atoms with Gasteiger partial charge in [-0.1, -0.05) is 0 Å². The molecule has 0 unspecified atom stereocenters. The third-order valence-electron chi connectivity index (χ3n) is 3.85. The van der Waals surface area contributed by atoms with E-state index in [-0.39, 0.29) is 24.8 Å². The number of carbonyl (C=O) groups is 3. The lowest BCUT2D eigenvalue weighted by Crippen LogP contribution is -2.34. The van der Waals surface area contributed by atoms with Crippen LogP contribution < -0.4 is 20.3 Å². The van der Waals surface area contributed by atoms with Gasteiger partial charge in [-0.25, -0.2) is 4.79 Å². The Balaban J connectivity index is 1.88. The molecule has 148 valence electrons. The largest absolute Gasteiger partial charge is 0.494 e. The summed E-state index contributed by atoms with van der Waals surface area (Å²) in [6.07, 6.45) is 0.905. The number of amides is 3. The molecule has 8 nitrogen and oxygen atoms in total. The molecule has 0 spiro atoms. The van der Waals surface area contributed by atoms with Crippen molar-refractivity contribution < 1.29 is 23.9 Å². The second kappa shape index (κ2) is 8.75. The first-order chi connectivity index (χ1) is 12.7. The van der Waals surface area contributed by atoms with E-state index in [0.29, 0.717) is 30.1 Å². The van der Waals surface area contributed by atoms with Crippen molar-refractivity contribution in [1.82, 2.24) is 5.32 Å². The highest BCUT2D eigenvalue weighted by atomic mass is 16.6. The molecule has 0 radical (unpaired) electrons. The van der Waals surface area contributed by atoms with Crippen LogP contribution in [0.2, 0.25) is 0 Å². The zero-order valence-electron chi connectivity index (χ0n) is 16.3. The van der Waals surface area contributed by atoms with Crippen molar-refractivity contribution in [3.05, 3.63) is 18.2 Å². The minimum absolute atomic E-state index is 0.0679. The summed E-state index contributed by atoms with van der Waals surface area (Å²) in [6, 6.07) is 5.17. The van der Waals surface area contributed by atoms with Gasteiger partial charge in [0.1, 0.15) is 11.4 Å². The van der Waals surface area contributed by atoms with Crippen LogP contribution in [-0.2, 0) is 14.3 Å². The van der Waals surface area contributed by atoms with Gasteiger partial charge in [0.05, 0.1) is 12.8 Å². The summed E-state index contributed by atoms with van der Waals surface area (Å²) < 4.78 is 10.5. The summed E-state index contributed by atoms with van der Waals surface area (Å²) in [4.78, 5) is 37.2. The van der Waals surface area contributed by atoms with Gasteiger partial charge < -0.3 is 25.0 Å². The lowest BCUT2D eigenvalue weighted by molar-refractivity contribution is -0.117. The Morgan fingerprint density at radius 1 is 1.26 bits per heavy atom. The molecule has 2 N–H and O–H groups in total. The lowest BCUT2D eigenvalue weighted by atomic mass is 10.2. The van der Waals surface area contributed by atoms with Gasteiger partial charge in [0.25, 0.3) is 0 Å². The second-order valence-electron chi connectivity index (χ2n) is 7.26. The number of anilines is 2. The molecule has 1 aromatic carbocycles. The van der Waals surface area contributed by atoms with Gasteiger partial charge >= 0.3 is 6.09 Å². The van der Waals surface area contributed by atoms with Crippen molar-refractivity contribution >= 4 is 29.3 Å². The Morgan fingerprint density at radius 2 is 2.00 bits per heavy atom. The maximum atomic E-state index is 12.1. The number of carbonyl (C=O) groups excluding carboxylic acids is 3. The summed E-state index contributed by atoms with van der Waals surface area (Å²) >= 11 is 0. The third-order valence-corrected chi connectivity index (χ3v) is 3.85. The molecular formula is C19H27N3O5. The summed E-state index contributed by atoms with van der Waals surface area (Å²) in [5, 5.41) is 5.29. The zero-order valence-corrected chi connectivity index (χ0v) is 16.3. The van der Waals surface area contributed by atoms with Gasteiger partial charge in [-0.2, -0.15) is 0 Å². The molecule has 0 bridgehead atoms. The van der Waals surface area contributed by atoms with Crippen molar-refractivity contribution in [2.75, 3.05) is 30.4 Å². The molecule has 2 rings (SSSR count). The van der Waals surface area contributed by atoms with Gasteiger partial charge in [-0.05, 0) is 39.3 Å². The molecule has 1 fully saturated rings. The van der Waals surface area contributed by atoms with Crippen molar-refractivity contribution in [1.29, 1.82) is 0 Å². The second-order valence-corrected chi connectivity index (χ2v) is 7.26. The predicted octanol–water partition coefficient (Wildman–Crippen LogP) is 2.68. The standard InChI is InChI=1S/C19H27N3O5/c1-19(2,3)27-18(25)20-10-9-16(23)21-13-7-8-14(15(12-13)26-4)22-11-5-6-17(22)24/h7-8,12H,5-6,9-11H2,1-4H3,(H,20,25)(H,21,23). The fourth-order valence-corrected chi connectivity index (χ4v) is 2.70. The Hall–Kier alpha value is -2.77. The molecule has 1 saturated heterocycles. The van der Waals surface area contributed by atoms with Crippen LogP contribution >= 0.6 is 0 Å². The van der Waals surface area contributed by atoms with Gasteiger partial charge in [0.15, 0.2) is 0 Å². The van der Waals surface area contributed by atoms with Crippen LogP contribution in [0.4, 0.5) is 16.2 Å². The maximum Gasteiger partial charge on any atom is 0.407 e. The first-order valence-electron chi connectivity index (χ1n) is 8.95. The van der Waals surface area contributed by atoms with E-state index in [1.807, 2.05) is 0 Å². The first kappa shape index (κ1) is 20.5. The number of nitrogens with one attached hydrogen (secondary N) is 2. The topological polar surface area (TPSA) is 97.0 Å². The van der Waals surface area contributed by atoms with Crippen molar-refractivity contribution in [3.63, 3.8) is 0 Å². The van der Waals surface area contributed by atoms with E-state index in [1.165, 1.54) is 7.11 Å². The molecule has 1 aliphatic heterocycles. The molecule has 1 aliphatic rings. The van der Waals surface area contributed by atoms with Crippen LogP contribution in [0.3, 0.4) is 0 Å². The number of hydrogen-bond donors (Lipinski definition) is 2.